The fraction of sp³-hybridized carbons (Fsp3) is 1.00. The van der Waals surface area contributed by atoms with Crippen LogP contribution in [0, 0.1) is 0 Å². The first-order valence-electron chi connectivity index (χ1n) is 3.61. The van der Waals surface area contributed by atoms with Crippen LogP contribution in [0.15, 0.2) is 0 Å². The molecular weight excluding hydrogens is 114 g/mol. The van der Waals surface area contributed by atoms with E-state index in [0.717, 1.165) is 6.54 Å². The summed E-state index contributed by atoms with van der Waals surface area (Å²) in [6.45, 7) is 3.97. The fourth-order valence-corrected chi connectivity index (χ4v) is 0.674. The number of rotatable bonds is 6. The Bertz CT molecular complexity index is 42.2. The lowest BCUT2D eigenvalue weighted by Crippen LogP contribution is -2.17. The number of hydrogen-bond acceptors (Lipinski definition) is 2. The van der Waals surface area contributed by atoms with Crippen LogP contribution >= 0.6 is 0 Å². The standard InChI is InChI=1S/C7H17NO/c1-3-4-5-6-8-7-9-2/h8H,3-7H2,1-2H3. The van der Waals surface area contributed by atoms with E-state index in [4.69, 9.17) is 4.74 Å². The highest BCUT2D eigenvalue weighted by Gasteiger charge is 1.83. The van der Waals surface area contributed by atoms with Crippen molar-refractivity contribution in [1.82, 2.24) is 5.32 Å². The maximum absolute atomic E-state index is 4.81. The van der Waals surface area contributed by atoms with Gasteiger partial charge in [-0.05, 0) is 13.0 Å². The van der Waals surface area contributed by atoms with Crippen molar-refractivity contribution in [2.24, 2.45) is 0 Å². The maximum atomic E-state index is 4.81. The van der Waals surface area contributed by atoms with Gasteiger partial charge in [0.1, 0.15) is 0 Å². The van der Waals surface area contributed by atoms with Crippen LogP contribution < -0.4 is 5.32 Å². The van der Waals surface area contributed by atoms with Crippen molar-refractivity contribution in [1.29, 1.82) is 0 Å². The molecule has 0 aromatic carbocycles. The third-order valence-electron chi connectivity index (χ3n) is 1.20. The van der Waals surface area contributed by atoms with Gasteiger partial charge in [0.15, 0.2) is 0 Å². The summed E-state index contributed by atoms with van der Waals surface area (Å²) < 4.78 is 4.81. The van der Waals surface area contributed by atoms with Gasteiger partial charge in [0.25, 0.3) is 0 Å². The summed E-state index contributed by atoms with van der Waals surface area (Å²) in [6, 6.07) is 0. The minimum Gasteiger partial charge on any atom is -0.370 e. The van der Waals surface area contributed by atoms with E-state index in [2.05, 4.69) is 12.2 Å². The molecule has 0 aliphatic heterocycles. The van der Waals surface area contributed by atoms with Gasteiger partial charge in [0, 0.05) is 7.11 Å². The van der Waals surface area contributed by atoms with Crippen molar-refractivity contribution < 1.29 is 4.74 Å². The summed E-state index contributed by atoms with van der Waals surface area (Å²) >= 11 is 0. The normalized spacial score (nSPS) is 10.0. The number of methoxy groups -OCH3 is 1. The molecule has 2 nitrogen and oxygen atoms in total. The topological polar surface area (TPSA) is 21.3 Å². The van der Waals surface area contributed by atoms with Crippen LogP contribution in [0.1, 0.15) is 26.2 Å². The summed E-state index contributed by atoms with van der Waals surface area (Å²) in [5.41, 5.74) is 0. The molecular formula is C7H17NO. The Morgan fingerprint density at radius 3 is 2.67 bits per heavy atom. The van der Waals surface area contributed by atoms with Crippen molar-refractivity contribution in [3.63, 3.8) is 0 Å². The minimum absolute atomic E-state index is 0.684. The lowest BCUT2D eigenvalue weighted by atomic mass is 10.2. The van der Waals surface area contributed by atoms with E-state index in [9.17, 15) is 0 Å². The number of unbranched alkanes of at least 4 members (excludes halogenated alkanes) is 2. The van der Waals surface area contributed by atoms with E-state index in [1.54, 1.807) is 7.11 Å². The van der Waals surface area contributed by atoms with Crippen LogP contribution in [0.2, 0.25) is 0 Å². The Kier molecular flexibility index (Phi) is 7.85. The first-order chi connectivity index (χ1) is 4.41. The largest absolute Gasteiger partial charge is 0.370 e. The summed E-state index contributed by atoms with van der Waals surface area (Å²) in [4.78, 5) is 0. The van der Waals surface area contributed by atoms with Crippen molar-refractivity contribution in [3.8, 4) is 0 Å². The second-order valence-corrected chi connectivity index (χ2v) is 2.14. The highest BCUT2D eigenvalue weighted by atomic mass is 16.5. The Labute approximate surface area is 57.6 Å². The van der Waals surface area contributed by atoms with Gasteiger partial charge in [-0.15, -0.1) is 0 Å². The van der Waals surface area contributed by atoms with Crippen LogP contribution in [0.4, 0.5) is 0 Å². The highest BCUT2D eigenvalue weighted by Crippen LogP contribution is 1.90. The van der Waals surface area contributed by atoms with Gasteiger partial charge in [-0.1, -0.05) is 19.8 Å². The molecule has 2 heteroatoms. The van der Waals surface area contributed by atoms with Gasteiger partial charge in [-0.25, -0.2) is 0 Å². The van der Waals surface area contributed by atoms with E-state index in [0.29, 0.717) is 6.73 Å². The second-order valence-electron chi connectivity index (χ2n) is 2.14. The lowest BCUT2D eigenvalue weighted by molar-refractivity contribution is 0.175. The number of ether oxygens (including phenoxy) is 1. The van der Waals surface area contributed by atoms with E-state index in [1.165, 1.54) is 19.3 Å². The van der Waals surface area contributed by atoms with Crippen LogP contribution in [0.5, 0.6) is 0 Å². The fourth-order valence-electron chi connectivity index (χ4n) is 0.674. The SMILES string of the molecule is CCCCCNCOC. The maximum Gasteiger partial charge on any atom is 0.0961 e. The molecule has 0 radical (unpaired) electrons. The summed E-state index contributed by atoms with van der Waals surface area (Å²) in [7, 11) is 1.70. The second kappa shape index (κ2) is 7.92. The third-order valence-corrected chi connectivity index (χ3v) is 1.20. The van der Waals surface area contributed by atoms with E-state index >= 15 is 0 Å². The molecule has 0 aromatic heterocycles. The van der Waals surface area contributed by atoms with Gasteiger partial charge in [0.05, 0.1) is 6.73 Å². The Morgan fingerprint density at radius 1 is 1.33 bits per heavy atom. The third kappa shape index (κ3) is 7.92. The van der Waals surface area contributed by atoms with Crippen molar-refractivity contribution >= 4 is 0 Å². The van der Waals surface area contributed by atoms with Crippen molar-refractivity contribution in [2.75, 3.05) is 20.4 Å². The molecule has 0 heterocycles. The monoisotopic (exact) mass is 131 g/mol. The van der Waals surface area contributed by atoms with Crippen LogP contribution in [-0.4, -0.2) is 20.4 Å². The molecule has 0 fully saturated rings. The molecule has 0 aliphatic carbocycles. The van der Waals surface area contributed by atoms with Gasteiger partial charge in [0.2, 0.25) is 0 Å². The Balaban J connectivity index is 2.60. The molecule has 0 bridgehead atoms. The zero-order valence-electron chi connectivity index (χ0n) is 6.44. The molecule has 0 unspecified atom stereocenters. The predicted molar refractivity (Wildman–Crippen MR) is 39.4 cm³/mol. The number of hydrogen-bond donors (Lipinski definition) is 1. The molecule has 0 saturated carbocycles. The van der Waals surface area contributed by atoms with Crippen LogP contribution in [0.3, 0.4) is 0 Å². The van der Waals surface area contributed by atoms with Crippen LogP contribution in [-0.2, 0) is 4.74 Å². The van der Waals surface area contributed by atoms with Crippen molar-refractivity contribution in [2.45, 2.75) is 26.2 Å². The van der Waals surface area contributed by atoms with Gasteiger partial charge in [-0.3, -0.25) is 5.32 Å². The summed E-state index contributed by atoms with van der Waals surface area (Å²) in [5, 5.41) is 3.15. The zero-order chi connectivity index (χ0) is 6.95. The molecule has 0 saturated heterocycles. The first-order valence-corrected chi connectivity index (χ1v) is 3.61. The average molecular weight is 131 g/mol. The van der Waals surface area contributed by atoms with E-state index < -0.39 is 0 Å². The number of nitrogens with one attached hydrogen (secondary N) is 1. The average Bonchev–Trinajstić information content (AvgIpc) is 1.89. The Hall–Kier alpha value is -0.0800. The molecule has 0 aromatic rings. The quantitative estimate of drug-likeness (QED) is 0.434. The van der Waals surface area contributed by atoms with Crippen molar-refractivity contribution in [3.05, 3.63) is 0 Å². The summed E-state index contributed by atoms with van der Waals surface area (Å²) in [5.74, 6) is 0. The smallest absolute Gasteiger partial charge is 0.0961 e. The van der Waals surface area contributed by atoms with Gasteiger partial charge < -0.3 is 4.74 Å². The van der Waals surface area contributed by atoms with E-state index in [1.807, 2.05) is 0 Å². The van der Waals surface area contributed by atoms with Gasteiger partial charge in [-0.2, -0.15) is 0 Å². The highest BCUT2D eigenvalue weighted by molar-refractivity contribution is 4.41. The lowest BCUT2D eigenvalue weighted by Gasteiger charge is -2.00. The minimum atomic E-state index is 0.684. The molecule has 0 rings (SSSR count). The molecule has 1 N–H and O–H groups in total. The summed E-state index contributed by atoms with van der Waals surface area (Å²) in [6.07, 6.45) is 3.87. The Morgan fingerprint density at radius 2 is 2.11 bits per heavy atom. The van der Waals surface area contributed by atoms with E-state index in [-0.39, 0.29) is 0 Å². The molecule has 0 atom stereocenters. The molecule has 0 amide bonds. The first kappa shape index (κ1) is 8.92. The van der Waals surface area contributed by atoms with Gasteiger partial charge >= 0.3 is 0 Å². The van der Waals surface area contributed by atoms with Crippen LogP contribution in [0.25, 0.3) is 0 Å². The molecule has 9 heavy (non-hydrogen) atoms. The molecule has 0 aliphatic rings. The predicted octanol–water partition coefficient (Wildman–Crippen LogP) is 1.37. The molecule has 0 spiro atoms. The zero-order valence-corrected chi connectivity index (χ0v) is 6.44. The molecule has 56 valence electrons.